The van der Waals surface area contributed by atoms with Gasteiger partial charge >= 0.3 is 0 Å². The number of rotatable bonds is 3. The smallest absolute Gasteiger partial charge is 0.228 e. The molecule has 21 heavy (non-hydrogen) atoms. The van der Waals surface area contributed by atoms with E-state index in [0.29, 0.717) is 19.6 Å². The Labute approximate surface area is 129 Å². The summed E-state index contributed by atoms with van der Waals surface area (Å²) in [4.78, 5) is 15.8. The number of carbonyl (C=O) groups excluding carboxylic acids is 1. The SMILES string of the molecule is CC1CN(C(=O)Cc2cccs2)C(c2ccccc2)CO1. The summed E-state index contributed by atoms with van der Waals surface area (Å²) in [6.45, 7) is 3.25. The van der Waals surface area contributed by atoms with E-state index in [9.17, 15) is 4.79 Å². The van der Waals surface area contributed by atoms with Gasteiger partial charge in [-0.3, -0.25) is 4.79 Å². The van der Waals surface area contributed by atoms with Gasteiger partial charge in [-0.15, -0.1) is 11.3 Å². The van der Waals surface area contributed by atoms with Crippen molar-refractivity contribution in [1.82, 2.24) is 4.90 Å². The van der Waals surface area contributed by atoms with Crippen LogP contribution in [0, 0.1) is 0 Å². The summed E-state index contributed by atoms with van der Waals surface area (Å²) in [5.74, 6) is 0.182. The number of ether oxygens (including phenoxy) is 1. The quantitative estimate of drug-likeness (QED) is 0.870. The summed E-state index contributed by atoms with van der Waals surface area (Å²) < 4.78 is 5.77. The third-order valence-electron chi connectivity index (χ3n) is 3.78. The summed E-state index contributed by atoms with van der Waals surface area (Å²) in [6, 6.07) is 14.2. The van der Waals surface area contributed by atoms with E-state index in [0.717, 1.165) is 10.4 Å². The number of hydrogen-bond donors (Lipinski definition) is 0. The molecule has 0 aliphatic carbocycles. The second-order valence-electron chi connectivity index (χ2n) is 5.37. The number of carbonyl (C=O) groups is 1. The van der Waals surface area contributed by atoms with Crippen molar-refractivity contribution in [1.29, 1.82) is 0 Å². The van der Waals surface area contributed by atoms with Gasteiger partial charge in [0.1, 0.15) is 0 Å². The maximum absolute atomic E-state index is 12.7. The predicted molar refractivity (Wildman–Crippen MR) is 84.3 cm³/mol. The van der Waals surface area contributed by atoms with E-state index < -0.39 is 0 Å². The van der Waals surface area contributed by atoms with Crippen LogP contribution in [0.3, 0.4) is 0 Å². The summed E-state index contributed by atoms with van der Waals surface area (Å²) in [5.41, 5.74) is 1.14. The van der Waals surface area contributed by atoms with Crippen LogP contribution in [0.25, 0.3) is 0 Å². The first-order chi connectivity index (χ1) is 10.2. The van der Waals surface area contributed by atoms with Gasteiger partial charge in [0.05, 0.1) is 25.2 Å². The van der Waals surface area contributed by atoms with Crippen LogP contribution in [0.1, 0.15) is 23.4 Å². The van der Waals surface area contributed by atoms with Crippen molar-refractivity contribution in [3.8, 4) is 0 Å². The molecule has 4 heteroatoms. The lowest BCUT2D eigenvalue weighted by molar-refractivity contribution is -0.143. The molecule has 0 saturated carbocycles. The Morgan fingerprint density at radius 3 is 2.81 bits per heavy atom. The zero-order valence-electron chi connectivity index (χ0n) is 12.1. The Bertz CT molecular complexity index is 582. The Kier molecular flexibility index (Phi) is 4.36. The highest BCUT2D eigenvalue weighted by atomic mass is 32.1. The van der Waals surface area contributed by atoms with Gasteiger partial charge in [0.2, 0.25) is 5.91 Å². The van der Waals surface area contributed by atoms with Crippen molar-refractivity contribution in [2.75, 3.05) is 13.2 Å². The van der Waals surface area contributed by atoms with Crippen LogP contribution in [0.15, 0.2) is 47.8 Å². The van der Waals surface area contributed by atoms with Crippen LogP contribution >= 0.6 is 11.3 Å². The summed E-state index contributed by atoms with van der Waals surface area (Å²) in [6.07, 6.45) is 0.575. The van der Waals surface area contributed by atoms with Crippen molar-refractivity contribution in [3.05, 3.63) is 58.3 Å². The summed E-state index contributed by atoms with van der Waals surface area (Å²) >= 11 is 1.63. The van der Waals surface area contributed by atoms with E-state index >= 15 is 0 Å². The van der Waals surface area contributed by atoms with Crippen LogP contribution in [-0.2, 0) is 16.0 Å². The van der Waals surface area contributed by atoms with Gasteiger partial charge in [0.25, 0.3) is 0 Å². The third-order valence-corrected chi connectivity index (χ3v) is 4.66. The number of amides is 1. The fourth-order valence-corrected chi connectivity index (χ4v) is 3.39. The topological polar surface area (TPSA) is 29.5 Å². The standard InChI is InChI=1S/C17H19NO2S/c1-13-11-18(17(19)10-15-8-5-9-21-15)16(12-20-13)14-6-3-2-4-7-14/h2-9,13,16H,10-12H2,1H3. The minimum Gasteiger partial charge on any atom is -0.374 e. The minimum absolute atomic E-state index is 0.0230. The van der Waals surface area contributed by atoms with Gasteiger partial charge in [-0.1, -0.05) is 36.4 Å². The van der Waals surface area contributed by atoms with Gasteiger partial charge < -0.3 is 9.64 Å². The Morgan fingerprint density at radius 2 is 2.10 bits per heavy atom. The van der Waals surface area contributed by atoms with E-state index in [1.54, 1.807) is 11.3 Å². The first-order valence-electron chi connectivity index (χ1n) is 7.22. The highest BCUT2D eigenvalue weighted by Crippen LogP contribution is 2.27. The molecular formula is C17H19NO2S. The van der Waals surface area contributed by atoms with Crippen molar-refractivity contribution in [3.63, 3.8) is 0 Å². The minimum atomic E-state index is 0.0230. The molecule has 0 bridgehead atoms. The predicted octanol–water partition coefficient (Wildman–Crippen LogP) is 3.28. The number of thiophene rings is 1. The number of nitrogens with zero attached hydrogens (tertiary/aromatic N) is 1. The lowest BCUT2D eigenvalue weighted by atomic mass is 10.0. The molecule has 1 aromatic carbocycles. The molecule has 3 nitrogen and oxygen atoms in total. The fraction of sp³-hybridized carbons (Fsp3) is 0.353. The lowest BCUT2D eigenvalue weighted by Crippen LogP contribution is -2.47. The number of morpholine rings is 1. The van der Waals surface area contributed by atoms with Gasteiger partial charge in [-0.05, 0) is 23.9 Å². The second kappa shape index (κ2) is 6.41. The monoisotopic (exact) mass is 301 g/mol. The van der Waals surface area contributed by atoms with Crippen LogP contribution < -0.4 is 0 Å². The average molecular weight is 301 g/mol. The molecule has 1 amide bonds. The van der Waals surface area contributed by atoms with Crippen molar-refractivity contribution < 1.29 is 9.53 Å². The summed E-state index contributed by atoms with van der Waals surface area (Å²) in [7, 11) is 0. The van der Waals surface area contributed by atoms with Gasteiger partial charge in [-0.25, -0.2) is 0 Å². The molecule has 2 atom stereocenters. The average Bonchev–Trinajstić information content (AvgIpc) is 3.01. The first kappa shape index (κ1) is 14.3. The zero-order chi connectivity index (χ0) is 14.7. The zero-order valence-corrected chi connectivity index (χ0v) is 12.9. The molecule has 0 radical (unpaired) electrons. The van der Waals surface area contributed by atoms with Crippen LogP contribution in [-0.4, -0.2) is 30.1 Å². The molecule has 1 fully saturated rings. The molecular weight excluding hydrogens is 282 g/mol. The molecule has 2 heterocycles. The highest BCUT2D eigenvalue weighted by Gasteiger charge is 2.31. The van der Waals surface area contributed by atoms with Crippen LogP contribution in [0.4, 0.5) is 0 Å². The molecule has 1 aromatic heterocycles. The maximum Gasteiger partial charge on any atom is 0.228 e. The lowest BCUT2D eigenvalue weighted by Gasteiger charge is -2.39. The fourth-order valence-electron chi connectivity index (χ4n) is 2.69. The normalized spacial score (nSPS) is 22.2. The molecule has 2 aromatic rings. The molecule has 1 aliphatic rings. The van der Waals surface area contributed by atoms with Crippen molar-refractivity contribution in [2.45, 2.75) is 25.5 Å². The van der Waals surface area contributed by atoms with Gasteiger partial charge in [0.15, 0.2) is 0 Å². The Hall–Kier alpha value is -1.65. The van der Waals surface area contributed by atoms with E-state index in [1.165, 1.54) is 0 Å². The second-order valence-corrected chi connectivity index (χ2v) is 6.40. The molecule has 110 valence electrons. The number of benzene rings is 1. The van der Waals surface area contributed by atoms with E-state index in [1.807, 2.05) is 47.5 Å². The van der Waals surface area contributed by atoms with Crippen LogP contribution in [0.2, 0.25) is 0 Å². The van der Waals surface area contributed by atoms with E-state index in [4.69, 9.17) is 4.74 Å². The molecule has 0 N–H and O–H groups in total. The molecule has 2 unspecified atom stereocenters. The van der Waals surface area contributed by atoms with Gasteiger partial charge in [0, 0.05) is 11.4 Å². The number of hydrogen-bond acceptors (Lipinski definition) is 3. The first-order valence-corrected chi connectivity index (χ1v) is 8.10. The molecule has 1 aliphatic heterocycles. The van der Waals surface area contributed by atoms with Crippen LogP contribution in [0.5, 0.6) is 0 Å². The largest absolute Gasteiger partial charge is 0.374 e. The van der Waals surface area contributed by atoms with Crippen molar-refractivity contribution in [2.24, 2.45) is 0 Å². The Balaban J connectivity index is 1.79. The third kappa shape index (κ3) is 3.34. The molecule has 0 spiro atoms. The Morgan fingerprint density at radius 1 is 1.29 bits per heavy atom. The molecule has 3 rings (SSSR count). The highest BCUT2D eigenvalue weighted by molar-refractivity contribution is 7.10. The van der Waals surface area contributed by atoms with Gasteiger partial charge in [-0.2, -0.15) is 0 Å². The van der Waals surface area contributed by atoms with E-state index in [-0.39, 0.29) is 18.1 Å². The van der Waals surface area contributed by atoms with Crippen molar-refractivity contribution >= 4 is 17.2 Å². The molecule has 1 saturated heterocycles. The van der Waals surface area contributed by atoms with E-state index in [2.05, 4.69) is 12.1 Å². The summed E-state index contributed by atoms with van der Waals surface area (Å²) in [5, 5.41) is 2.01. The maximum atomic E-state index is 12.7.